The Morgan fingerprint density at radius 1 is 1.07 bits per heavy atom. The molecule has 1 aliphatic carbocycles. The summed E-state index contributed by atoms with van der Waals surface area (Å²) in [4.78, 5) is 37.4. The van der Waals surface area contributed by atoms with Gasteiger partial charge in [-0.05, 0) is 43.2 Å². The van der Waals surface area contributed by atoms with Gasteiger partial charge in [-0.15, -0.1) is 0 Å². The molecule has 3 rings (SSSR count). The topological polar surface area (TPSA) is 96.5 Å². The van der Waals surface area contributed by atoms with Gasteiger partial charge in [-0.3, -0.25) is 14.4 Å². The number of halogens is 1. The molecule has 0 bridgehead atoms. The fraction of sp³-hybridized carbons (Fsp3) is 0.318. The molecule has 0 saturated heterocycles. The number of nitrogens with one attached hydrogen (secondary N) is 3. The number of amides is 3. The molecule has 8 heteroatoms. The minimum absolute atomic E-state index is 0.244. The summed E-state index contributed by atoms with van der Waals surface area (Å²) in [5.41, 5.74) is -0.0777. The maximum Gasteiger partial charge on any atom is 0.258 e. The maximum absolute atomic E-state index is 13.1. The molecule has 0 aliphatic heterocycles. The van der Waals surface area contributed by atoms with Crippen LogP contribution in [0.25, 0.3) is 0 Å². The zero-order chi connectivity index (χ0) is 21.6. The fourth-order valence-electron chi connectivity index (χ4n) is 3.53. The highest BCUT2D eigenvalue weighted by Crippen LogP contribution is 2.31. The molecule has 2 aromatic rings. The number of carbonyl (C=O) groups is 3. The number of hydrogen-bond donors (Lipinski definition) is 3. The summed E-state index contributed by atoms with van der Waals surface area (Å²) in [6, 6.07) is 13.5. The van der Waals surface area contributed by atoms with Gasteiger partial charge in [-0.25, -0.2) is 0 Å². The van der Waals surface area contributed by atoms with Crippen LogP contribution >= 0.6 is 11.6 Å². The molecule has 30 heavy (non-hydrogen) atoms. The standard InChI is InChI=1S/C22H24ClN3O4/c1-24-20(28)15-7-6-8-16(13-15)25-21(29)22(11-4-5-12-22)26-19(27)14-30-18-10-3-2-9-17(18)23/h2-3,6-10,13H,4-5,11-12,14H2,1H3,(H,24,28)(H,25,29)(H,26,27). The quantitative estimate of drug-likeness (QED) is 0.629. The van der Waals surface area contributed by atoms with Gasteiger partial charge in [-0.2, -0.15) is 0 Å². The van der Waals surface area contributed by atoms with Crippen LogP contribution in [0.1, 0.15) is 36.0 Å². The number of rotatable bonds is 7. The van der Waals surface area contributed by atoms with E-state index in [1.807, 2.05) is 0 Å². The lowest BCUT2D eigenvalue weighted by molar-refractivity contribution is -0.131. The van der Waals surface area contributed by atoms with E-state index in [0.717, 1.165) is 12.8 Å². The van der Waals surface area contributed by atoms with E-state index in [4.69, 9.17) is 16.3 Å². The van der Waals surface area contributed by atoms with Gasteiger partial charge in [0.25, 0.3) is 11.8 Å². The first-order chi connectivity index (χ1) is 14.4. The van der Waals surface area contributed by atoms with Crippen molar-refractivity contribution in [2.45, 2.75) is 31.2 Å². The van der Waals surface area contributed by atoms with Gasteiger partial charge in [0.2, 0.25) is 5.91 Å². The van der Waals surface area contributed by atoms with Gasteiger partial charge < -0.3 is 20.7 Å². The van der Waals surface area contributed by atoms with Gasteiger partial charge in [0.1, 0.15) is 11.3 Å². The second-order valence-corrected chi connectivity index (χ2v) is 7.58. The third-order valence-electron chi connectivity index (χ3n) is 5.08. The van der Waals surface area contributed by atoms with Crippen LogP contribution < -0.4 is 20.7 Å². The Morgan fingerprint density at radius 2 is 1.80 bits per heavy atom. The first-order valence-corrected chi connectivity index (χ1v) is 10.1. The number of anilines is 1. The molecule has 1 saturated carbocycles. The number of carbonyl (C=O) groups excluding carboxylic acids is 3. The van der Waals surface area contributed by atoms with Crippen molar-refractivity contribution in [1.29, 1.82) is 0 Å². The second kappa shape index (κ2) is 9.63. The Balaban J connectivity index is 1.66. The van der Waals surface area contributed by atoms with Crippen molar-refractivity contribution in [3.05, 3.63) is 59.1 Å². The smallest absolute Gasteiger partial charge is 0.258 e. The normalized spacial score (nSPS) is 14.6. The van der Waals surface area contributed by atoms with Crippen molar-refractivity contribution in [3.63, 3.8) is 0 Å². The predicted octanol–water partition coefficient (Wildman–Crippen LogP) is 3.15. The maximum atomic E-state index is 13.1. The summed E-state index contributed by atoms with van der Waals surface area (Å²) in [7, 11) is 1.54. The molecule has 3 N–H and O–H groups in total. The van der Waals surface area contributed by atoms with E-state index < -0.39 is 11.4 Å². The van der Waals surface area contributed by atoms with Crippen LogP contribution in [0.3, 0.4) is 0 Å². The molecule has 0 radical (unpaired) electrons. The minimum atomic E-state index is -1.01. The number of benzene rings is 2. The van der Waals surface area contributed by atoms with Gasteiger partial charge in [-0.1, -0.05) is 42.6 Å². The van der Waals surface area contributed by atoms with Crippen LogP contribution in [0, 0.1) is 0 Å². The monoisotopic (exact) mass is 429 g/mol. The lowest BCUT2D eigenvalue weighted by Crippen LogP contribution is -2.56. The van der Waals surface area contributed by atoms with Gasteiger partial charge in [0, 0.05) is 18.3 Å². The van der Waals surface area contributed by atoms with E-state index in [1.165, 1.54) is 0 Å². The van der Waals surface area contributed by atoms with Gasteiger partial charge in [0.05, 0.1) is 5.02 Å². The van der Waals surface area contributed by atoms with Crippen molar-refractivity contribution in [2.24, 2.45) is 0 Å². The van der Waals surface area contributed by atoms with Crippen molar-refractivity contribution in [1.82, 2.24) is 10.6 Å². The summed E-state index contributed by atoms with van der Waals surface area (Å²) in [5.74, 6) is -0.539. The molecule has 2 aromatic carbocycles. The molecule has 1 fully saturated rings. The molecule has 0 spiro atoms. The summed E-state index contributed by atoms with van der Waals surface area (Å²) < 4.78 is 5.49. The molecular weight excluding hydrogens is 406 g/mol. The second-order valence-electron chi connectivity index (χ2n) is 7.17. The van der Waals surface area contributed by atoms with Crippen molar-refractivity contribution >= 4 is 35.0 Å². The molecule has 3 amide bonds. The number of hydrogen-bond acceptors (Lipinski definition) is 4. The highest BCUT2D eigenvalue weighted by Gasteiger charge is 2.42. The largest absolute Gasteiger partial charge is 0.482 e. The van der Waals surface area contributed by atoms with Crippen molar-refractivity contribution in [2.75, 3.05) is 19.0 Å². The molecule has 1 aliphatic rings. The van der Waals surface area contributed by atoms with Crippen LogP contribution in [0.15, 0.2) is 48.5 Å². The van der Waals surface area contributed by atoms with E-state index in [1.54, 1.807) is 55.6 Å². The van der Waals surface area contributed by atoms with Crippen molar-refractivity contribution < 1.29 is 19.1 Å². The Morgan fingerprint density at radius 3 is 2.50 bits per heavy atom. The lowest BCUT2D eigenvalue weighted by atomic mass is 9.96. The first kappa shape index (κ1) is 21.6. The third kappa shape index (κ3) is 5.10. The zero-order valence-corrected chi connectivity index (χ0v) is 17.4. The summed E-state index contributed by atoms with van der Waals surface area (Å²) in [6.45, 7) is -0.245. The molecular formula is C22H24ClN3O4. The number of para-hydroxylation sites is 1. The Kier molecular flexibility index (Phi) is 6.95. The predicted molar refractivity (Wildman–Crippen MR) is 115 cm³/mol. The Bertz CT molecular complexity index is 941. The van der Waals surface area contributed by atoms with Crippen LogP contribution in [0.5, 0.6) is 5.75 Å². The van der Waals surface area contributed by atoms with Crippen LogP contribution in [-0.4, -0.2) is 36.9 Å². The average molecular weight is 430 g/mol. The van der Waals surface area contributed by atoms with E-state index in [9.17, 15) is 14.4 Å². The van der Waals surface area contributed by atoms with Crippen LogP contribution in [-0.2, 0) is 9.59 Å². The summed E-state index contributed by atoms with van der Waals surface area (Å²) in [5, 5.41) is 8.65. The van der Waals surface area contributed by atoms with E-state index in [-0.39, 0.29) is 18.4 Å². The highest BCUT2D eigenvalue weighted by atomic mass is 35.5. The van der Waals surface area contributed by atoms with Crippen molar-refractivity contribution in [3.8, 4) is 5.75 Å². The fourth-order valence-corrected chi connectivity index (χ4v) is 3.72. The Hall–Kier alpha value is -3.06. The zero-order valence-electron chi connectivity index (χ0n) is 16.7. The number of ether oxygens (including phenoxy) is 1. The highest BCUT2D eigenvalue weighted by molar-refractivity contribution is 6.32. The molecule has 0 aromatic heterocycles. The van der Waals surface area contributed by atoms with Crippen LogP contribution in [0.4, 0.5) is 5.69 Å². The van der Waals surface area contributed by atoms with E-state index in [0.29, 0.717) is 34.9 Å². The summed E-state index contributed by atoms with van der Waals surface area (Å²) in [6.07, 6.45) is 2.73. The molecule has 158 valence electrons. The van der Waals surface area contributed by atoms with E-state index in [2.05, 4.69) is 16.0 Å². The molecule has 0 atom stereocenters. The minimum Gasteiger partial charge on any atom is -0.482 e. The molecule has 0 unspecified atom stereocenters. The average Bonchev–Trinajstić information content (AvgIpc) is 3.22. The van der Waals surface area contributed by atoms with Crippen LogP contribution in [0.2, 0.25) is 5.02 Å². The summed E-state index contributed by atoms with van der Waals surface area (Å²) >= 11 is 6.04. The first-order valence-electron chi connectivity index (χ1n) is 9.75. The van der Waals surface area contributed by atoms with Gasteiger partial charge in [0.15, 0.2) is 6.61 Å². The lowest BCUT2D eigenvalue weighted by Gasteiger charge is -2.29. The molecule has 7 nitrogen and oxygen atoms in total. The molecule has 0 heterocycles. The van der Waals surface area contributed by atoms with Gasteiger partial charge >= 0.3 is 0 Å². The Labute approximate surface area is 180 Å². The SMILES string of the molecule is CNC(=O)c1cccc(NC(=O)C2(NC(=O)COc3ccccc3Cl)CCCC2)c1. The van der Waals surface area contributed by atoms with E-state index >= 15 is 0 Å². The third-order valence-corrected chi connectivity index (χ3v) is 5.39.